The summed E-state index contributed by atoms with van der Waals surface area (Å²) in [7, 11) is 1.66. The van der Waals surface area contributed by atoms with Crippen molar-refractivity contribution in [3.8, 4) is 16.9 Å². The number of hydrogen-bond donors (Lipinski definition) is 1. The van der Waals surface area contributed by atoms with Crippen LogP contribution in [0.15, 0.2) is 42.5 Å². The molecule has 0 spiro atoms. The van der Waals surface area contributed by atoms with Crippen LogP contribution < -0.4 is 4.74 Å². The van der Waals surface area contributed by atoms with E-state index in [4.69, 9.17) is 9.84 Å². The number of ether oxygens (including phenoxy) is 1. The van der Waals surface area contributed by atoms with Crippen LogP contribution in [0.2, 0.25) is 0 Å². The van der Waals surface area contributed by atoms with E-state index in [1.54, 1.807) is 7.11 Å². The summed E-state index contributed by atoms with van der Waals surface area (Å²) in [5, 5.41) is 8.88. The number of para-hydroxylation sites is 1. The van der Waals surface area contributed by atoms with Crippen molar-refractivity contribution >= 4 is 5.97 Å². The van der Waals surface area contributed by atoms with Gasteiger partial charge in [-0.3, -0.25) is 4.79 Å². The fraction of sp³-hybridized carbons (Fsp3) is 0.235. The molecular formula is C17H18O3. The molecule has 20 heavy (non-hydrogen) atoms. The molecule has 2 aromatic rings. The summed E-state index contributed by atoms with van der Waals surface area (Å²) < 4.78 is 5.40. The minimum absolute atomic E-state index is 0.0548. The van der Waals surface area contributed by atoms with Crippen molar-refractivity contribution in [3.63, 3.8) is 0 Å². The summed E-state index contributed by atoms with van der Waals surface area (Å²) in [6, 6.07) is 13.7. The molecule has 0 bridgehead atoms. The van der Waals surface area contributed by atoms with Gasteiger partial charge in [0.05, 0.1) is 13.5 Å². The SMILES string of the molecule is CCc1cc(CC(=O)O)ccc1-c1ccccc1OC. The number of carbonyl (C=O) groups is 1. The number of rotatable bonds is 5. The van der Waals surface area contributed by atoms with E-state index in [9.17, 15) is 4.79 Å². The third kappa shape index (κ3) is 2.99. The van der Waals surface area contributed by atoms with Crippen molar-refractivity contribution in [3.05, 3.63) is 53.6 Å². The Hall–Kier alpha value is -2.29. The molecule has 3 heteroatoms. The highest BCUT2D eigenvalue weighted by Gasteiger charge is 2.10. The molecule has 0 amide bonds. The van der Waals surface area contributed by atoms with E-state index in [-0.39, 0.29) is 6.42 Å². The van der Waals surface area contributed by atoms with Crippen LogP contribution in [0.1, 0.15) is 18.1 Å². The molecule has 0 saturated carbocycles. The van der Waals surface area contributed by atoms with Gasteiger partial charge >= 0.3 is 5.97 Å². The molecule has 3 nitrogen and oxygen atoms in total. The van der Waals surface area contributed by atoms with Gasteiger partial charge in [0, 0.05) is 5.56 Å². The summed E-state index contributed by atoms with van der Waals surface area (Å²) >= 11 is 0. The minimum Gasteiger partial charge on any atom is -0.496 e. The Bertz CT molecular complexity index is 617. The van der Waals surface area contributed by atoms with Gasteiger partial charge in [-0.15, -0.1) is 0 Å². The third-order valence-electron chi connectivity index (χ3n) is 3.30. The van der Waals surface area contributed by atoms with Crippen LogP contribution in [-0.2, 0) is 17.6 Å². The minimum atomic E-state index is -0.808. The molecule has 0 atom stereocenters. The largest absolute Gasteiger partial charge is 0.496 e. The molecule has 0 aromatic heterocycles. The first kappa shape index (κ1) is 14.1. The maximum Gasteiger partial charge on any atom is 0.307 e. The van der Waals surface area contributed by atoms with Crippen LogP contribution in [0.4, 0.5) is 0 Å². The average Bonchev–Trinajstić information content (AvgIpc) is 2.46. The van der Waals surface area contributed by atoms with Crippen molar-refractivity contribution in [2.75, 3.05) is 7.11 Å². The summed E-state index contributed by atoms with van der Waals surface area (Å²) in [4.78, 5) is 10.8. The Morgan fingerprint density at radius 1 is 1.15 bits per heavy atom. The average molecular weight is 270 g/mol. The van der Waals surface area contributed by atoms with Crippen LogP contribution in [0.25, 0.3) is 11.1 Å². The van der Waals surface area contributed by atoms with Crippen LogP contribution in [0.5, 0.6) is 5.75 Å². The van der Waals surface area contributed by atoms with Gasteiger partial charge in [-0.05, 0) is 29.2 Å². The first-order valence-electron chi connectivity index (χ1n) is 6.62. The number of aliphatic carboxylic acids is 1. The molecule has 0 saturated heterocycles. The van der Waals surface area contributed by atoms with E-state index in [0.29, 0.717) is 0 Å². The third-order valence-corrected chi connectivity index (χ3v) is 3.30. The standard InChI is InChI=1S/C17H18O3/c1-3-13-10-12(11-17(18)19)8-9-14(13)15-6-4-5-7-16(15)20-2/h4-10H,3,11H2,1-2H3,(H,18,19). The topological polar surface area (TPSA) is 46.5 Å². The molecule has 0 aliphatic heterocycles. The van der Waals surface area contributed by atoms with Gasteiger partial charge in [0.15, 0.2) is 0 Å². The molecule has 1 N–H and O–H groups in total. The van der Waals surface area contributed by atoms with Crippen LogP contribution in [-0.4, -0.2) is 18.2 Å². The van der Waals surface area contributed by atoms with Gasteiger partial charge in [0.2, 0.25) is 0 Å². The lowest BCUT2D eigenvalue weighted by molar-refractivity contribution is -0.136. The molecule has 104 valence electrons. The Balaban J connectivity index is 2.48. The molecule has 0 aliphatic carbocycles. The Kier molecular flexibility index (Phi) is 4.41. The molecule has 0 heterocycles. The highest BCUT2D eigenvalue weighted by atomic mass is 16.5. The van der Waals surface area contributed by atoms with Gasteiger partial charge in [-0.1, -0.05) is 43.3 Å². The fourth-order valence-corrected chi connectivity index (χ4v) is 2.35. The van der Waals surface area contributed by atoms with Gasteiger partial charge in [-0.2, -0.15) is 0 Å². The van der Waals surface area contributed by atoms with Crippen molar-refractivity contribution < 1.29 is 14.6 Å². The maximum absolute atomic E-state index is 10.8. The normalized spacial score (nSPS) is 10.3. The number of carboxylic acid groups (broad SMARTS) is 1. The van der Waals surface area contributed by atoms with Crippen LogP contribution in [0, 0.1) is 0 Å². The summed E-state index contributed by atoms with van der Waals surface area (Å²) in [6.45, 7) is 2.07. The number of hydrogen-bond acceptors (Lipinski definition) is 2. The number of carboxylic acids is 1. The lowest BCUT2D eigenvalue weighted by Crippen LogP contribution is -2.01. The van der Waals surface area contributed by atoms with E-state index in [2.05, 4.69) is 6.92 Å². The first-order chi connectivity index (χ1) is 9.65. The van der Waals surface area contributed by atoms with Crippen LogP contribution in [0.3, 0.4) is 0 Å². The van der Waals surface area contributed by atoms with E-state index in [1.807, 2.05) is 42.5 Å². The number of benzene rings is 2. The molecule has 0 aliphatic rings. The second kappa shape index (κ2) is 6.24. The molecule has 0 fully saturated rings. The quantitative estimate of drug-likeness (QED) is 0.903. The number of methoxy groups -OCH3 is 1. The second-order valence-corrected chi connectivity index (χ2v) is 4.62. The predicted octanol–water partition coefficient (Wildman–Crippen LogP) is 3.55. The molecule has 2 rings (SSSR count). The molecule has 0 unspecified atom stereocenters. The van der Waals surface area contributed by atoms with E-state index >= 15 is 0 Å². The zero-order valence-electron chi connectivity index (χ0n) is 11.7. The number of aryl methyl sites for hydroxylation is 1. The van der Waals surface area contributed by atoms with Gasteiger partial charge in [0.25, 0.3) is 0 Å². The van der Waals surface area contributed by atoms with Gasteiger partial charge in [0.1, 0.15) is 5.75 Å². The van der Waals surface area contributed by atoms with Gasteiger partial charge in [-0.25, -0.2) is 0 Å². The van der Waals surface area contributed by atoms with E-state index in [1.165, 1.54) is 0 Å². The summed E-state index contributed by atoms with van der Waals surface area (Å²) in [5.41, 5.74) is 4.09. The monoisotopic (exact) mass is 270 g/mol. The van der Waals surface area contributed by atoms with Crippen molar-refractivity contribution in [2.24, 2.45) is 0 Å². The fourth-order valence-electron chi connectivity index (χ4n) is 2.35. The van der Waals surface area contributed by atoms with Gasteiger partial charge < -0.3 is 9.84 Å². The highest BCUT2D eigenvalue weighted by molar-refractivity contribution is 5.75. The second-order valence-electron chi connectivity index (χ2n) is 4.62. The Morgan fingerprint density at radius 3 is 2.55 bits per heavy atom. The lowest BCUT2D eigenvalue weighted by Gasteiger charge is -2.13. The first-order valence-corrected chi connectivity index (χ1v) is 6.62. The maximum atomic E-state index is 10.8. The molecule has 2 aromatic carbocycles. The lowest BCUT2D eigenvalue weighted by atomic mass is 9.94. The van der Waals surface area contributed by atoms with E-state index < -0.39 is 5.97 Å². The Morgan fingerprint density at radius 2 is 1.90 bits per heavy atom. The summed E-state index contributed by atoms with van der Waals surface area (Å²) in [6.07, 6.45) is 0.903. The summed E-state index contributed by atoms with van der Waals surface area (Å²) in [5.74, 6) is 0.0188. The van der Waals surface area contributed by atoms with Crippen LogP contribution >= 0.6 is 0 Å². The molecule has 0 radical (unpaired) electrons. The Labute approximate surface area is 118 Å². The van der Waals surface area contributed by atoms with Crippen molar-refractivity contribution in [2.45, 2.75) is 19.8 Å². The predicted molar refractivity (Wildman–Crippen MR) is 79.1 cm³/mol. The zero-order chi connectivity index (χ0) is 14.5. The van der Waals surface area contributed by atoms with Crippen molar-refractivity contribution in [1.82, 2.24) is 0 Å². The van der Waals surface area contributed by atoms with E-state index in [0.717, 1.165) is 34.4 Å². The zero-order valence-corrected chi connectivity index (χ0v) is 11.7. The smallest absolute Gasteiger partial charge is 0.307 e. The molecular weight excluding hydrogens is 252 g/mol. The highest BCUT2D eigenvalue weighted by Crippen LogP contribution is 2.32. The van der Waals surface area contributed by atoms with Crippen molar-refractivity contribution in [1.29, 1.82) is 0 Å².